The van der Waals surface area contributed by atoms with E-state index in [1.54, 1.807) is 0 Å². The number of aromatic nitrogens is 1. The van der Waals surface area contributed by atoms with Gasteiger partial charge in [-0.3, -0.25) is 4.79 Å². The monoisotopic (exact) mass is 314 g/mol. The van der Waals surface area contributed by atoms with E-state index in [4.69, 9.17) is 5.73 Å². The minimum absolute atomic E-state index is 0.0567. The lowest BCUT2D eigenvalue weighted by atomic mass is 10.1. The highest BCUT2D eigenvalue weighted by molar-refractivity contribution is 5.95. The molecule has 0 bridgehead atoms. The summed E-state index contributed by atoms with van der Waals surface area (Å²) in [6.07, 6.45) is 4.75. The van der Waals surface area contributed by atoms with E-state index in [1.165, 1.54) is 5.39 Å². The van der Waals surface area contributed by atoms with Crippen molar-refractivity contribution in [3.63, 3.8) is 0 Å². The summed E-state index contributed by atoms with van der Waals surface area (Å²) in [5.74, 6) is 0.157. The highest BCUT2D eigenvalue weighted by Gasteiger charge is 2.27. The largest absolute Gasteiger partial charge is 0.346 e. The fourth-order valence-electron chi connectivity index (χ4n) is 3.26. The van der Waals surface area contributed by atoms with Crippen molar-refractivity contribution in [2.24, 2.45) is 11.7 Å². The molecule has 3 N–H and O–H groups in total. The number of nitrogens with two attached hydrogens (primary N) is 1. The quantitative estimate of drug-likeness (QED) is 0.890. The first-order chi connectivity index (χ1) is 11.0. The molecule has 1 aliphatic rings. The van der Waals surface area contributed by atoms with Crippen LogP contribution in [0.15, 0.2) is 30.5 Å². The van der Waals surface area contributed by atoms with Crippen LogP contribution in [0.5, 0.6) is 0 Å². The van der Waals surface area contributed by atoms with Crippen molar-refractivity contribution in [2.45, 2.75) is 31.8 Å². The van der Waals surface area contributed by atoms with Crippen molar-refractivity contribution in [2.75, 3.05) is 26.0 Å². The number of nitrogens with one attached hydrogen (secondary N) is 1. The Kier molecular flexibility index (Phi) is 4.68. The van der Waals surface area contributed by atoms with Gasteiger partial charge >= 0.3 is 0 Å². The molecule has 5 nitrogen and oxygen atoms in total. The van der Waals surface area contributed by atoms with Crippen LogP contribution in [0.1, 0.15) is 19.3 Å². The highest BCUT2D eigenvalue weighted by atomic mass is 16.1. The second-order valence-corrected chi connectivity index (χ2v) is 6.85. The number of amides is 1. The molecule has 3 rings (SSSR count). The maximum absolute atomic E-state index is 12.4. The summed E-state index contributed by atoms with van der Waals surface area (Å²) in [6, 6.07) is 8.41. The molecule has 1 amide bonds. The Morgan fingerprint density at radius 2 is 2.17 bits per heavy atom. The molecule has 1 saturated carbocycles. The topological polar surface area (TPSA) is 63.3 Å². The fraction of sp³-hybridized carbons (Fsp3) is 0.500. The summed E-state index contributed by atoms with van der Waals surface area (Å²) < 4.78 is 2.23. The molecular weight excluding hydrogens is 288 g/mol. The highest BCUT2D eigenvalue weighted by Crippen LogP contribution is 2.26. The minimum atomic E-state index is 0.0567. The van der Waals surface area contributed by atoms with Gasteiger partial charge in [-0.25, -0.2) is 0 Å². The zero-order chi connectivity index (χ0) is 16.4. The number of hydrogen-bond acceptors (Lipinski definition) is 3. The van der Waals surface area contributed by atoms with E-state index in [0.29, 0.717) is 0 Å². The molecule has 2 aromatic rings. The molecule has 1 aromatic carbocycles. The molecule has 0 saturated heterocycles. The molecule has 2 atom stereocenters. The van der Waals surface area contributed by atoms with E-state index >= 15 is 0 Å². The predicted molar refractivity (Wildman–Crippen MR) is 94.4 cm³/mol. The first-order valence-corrected chi connectivity index (χ1v) is 8.33. The Bertz CT molecular complexity index is 691. The van der Waals surface area contributed by atoms with Crippen molar-refractivity contribution in [1.29, 1.82) is 0 Å². The van der Waals surface area contributed by atoms with Crippen LogP contribution in [0.3, 0.4) is 0 Å². The Hall–Kier alpha value is -1.85. The Morgan fingerprint density at radius 3 is 2.87 bits per heavy atom. The predicted octanol–water partition coefficient (Wildman–Crippen LogP) is 2.27. The van der Waals surface area contributed by atoms with Gasteiger partial charge in [-0.05, 0) is 56.9 Å². The van der Waals surface area contributed by atoms with Crippen LogP contribution in [0, 0.1) is 5.92 Å². The average molecular weight is 314 g/mol. The molecular formula is C18H26N4O. The summed E-state index contributed by atoms with van der Waals surface area (Å²) in [5, 5.41) is 4.26. The number of benzene rings is 1. The molecule has 1 heterocycles. The first-order valence-electron chi connectivity index (χ1n) is 8.33. The summed E-state index contributed by atoms with van der Waals surface area (Å²) in [6.45, 7) is 1.92. The lowest BCUT2D eigenvalue weighted by Crippen LogP contribution is -2.23. The fourth-order valence-corrected chi connectivity index (χ4v) is 3.26. The maximum Gasteiger partial charge on any atom is 0.227 e. The normalized spacial score (nSPS) is 21.2. The molecule has 2 unspecified atom stereocenters. The van der Waals surface area contributed by atoms with Gasteiger partial charge in [0.15, 0.2) is 0 Å². The number of anilines is 1. The molecule has 23 heavy (non-hydrogen) atoms. The molecule has 1 fully saturated rings. The van der Waals surface area contributed by atoms with Crippen LogP contribution < -0.4 is 11.1 Å². The third-order valence-corrected chi connectivity index (χ3v) is 4.67. The van der Waals surface area contributed by atoms with Gasteiger partial charge in [-0.2, -0.15) is 0 Å². The molecule has 1 aliphatic carbocycles. The van der Waals surface area contributed by atoms with E-state index in [1.807, 2.05) is 6.07 Å². The van der Waals surface area contributed by atoms with Gasteiger partial charge in [0.1, 0.15) is 0 Å². The van der Waals surface area contributed by atoms with Crippen molar-refractivity contribution in [3.8, 4) is 0 Å². The summed E-state index contributed by atoms with van der Waals surface area (Å²) in [5.41, 5.74) is 7.94. The number of likely N-dealkylation sites (N-methyl/N-ethyl adjacent to an activating group) is 1. The van der Waals surface area contributed by atoms with E-state index in [2.05, 4.69) is 53.3 Å². The van der Waals surface area contributed by atoms with E-state index < -0.39 is 0 Å². The Labute approximate surface area is 137 Å². The van der Waals surface area contributed by atoms with Crippen molar-refractivity contribution in [3.05, 3.63) is 30.5 Å². The summed E-state index contributed by atoms with van der Waals surface area (Å²) in [7, 11) is 4.15. The Balaban J connectivity index is 1.73. The van der Waals surface area contributed by atoms with Crippen molar-refractivity contribution < 1.29 is 4.79 Å². The summed E-state index contributed by atoms with van der Waals surface area (Å²) in [4.78, 5) is 14.5. The number of fused-ring (bicyclic) bond motifs is 1. The lowest BCUT2D eigenvalue weighted by molar-refractivity contribution is -0.119. The van der Waals surface area contributed by atoms with Crippen molar-refractivity contribution >= 4 is 22.5 Å². The zero-order valence-electron chi connectivity index (χ0n) is 14.0. The lowest BCUT2D eigenvalue weighted by Gasteiger charge is -2.13. The van der Waals surface area contributed by atoms with Gasteiger partial charge in [-0.15, -0.1) is 0 Å². The van der Waals surface area contributed by atoms with Gasteiger partial charge in [0.2, 0.25) is 5.91 Å². The van der Waals surface area contributed by atoms with Crippen LogP contribution in [0.25, 0.3) is 10.9 Å². The van der Waals surface area contributed by atoms with E-state index in [9.17, 15) is 4.79 Å². The SMILES string of the molecule is CN(C)CCn1ccc2ccc(NC(=O)C3CCC(N)C3)cc21. The smallest absolute Gasteiger partial charge is 0.227 e. The van der Waals surface area contributed by atoms with Crippen LogP contribution in [-0.2, 0) is 11.3 Å². The van der Waals surface area contributed by atoms with Gasteiger partial charge in [0.05, 0.1) is 5.52 Å². The number of rotatable bonds is 5. The Morgan fingerprint density at radius 1 is 1.35 bits per heavy atom. The van der Waals surface area contributed by atoms with Crippen LogP contribution in [0.4, 0.5) is 5.69 Å². The summed E-state index contributed by atoms with van der Waals surface area (Å²) >= 11 is 0. The number of carbonyl (C=O) groups excluding carboxylic acids is 1. The van der Waals surface area contributed by atoms with Crippen LogP contribution in [0.2, 0.25) is 0 Å². The van der Waals surface area contributed by atoms with Crippen molar-refractivity contribution in [1.82, 2.24) is 9.47 Å². The van der Waals surface area contributed by atoms with Crippen LogP contribution in [-0.4, -0.2) is 42.1 Å². The third kappa shape index (κ3) is 3.74. The van der Waals surface area contributed by atoms with E-state index in [0.717, 1.165) is 43.6 Å². The zero-order valence-corrected chi connectivity index (χ0v) is 14.0. The van der Waals surface area contributed by atoms with Gasteiger partial charge in [0, 0.05) is 36.9 Å². The van der Waals surface area contributed by atoms with Gasteiger partial charge < -0.3 is 20.5 Å². The standard InChI is InChI=1S/C18H26N4O/c1-21(2)9-10-22-8-7-13-4-6-16(12-17(13)22)20-18(23)14-3-5-15(19)11-14/h4,6-8,12,14-15H,3,5,9-11,19H2,1-2H3,(H,20,23). The molecule has 124 valence electrons. The molecule has 0 aliphatic heterocycles. The molecule has 0 spiro atoms. The average Bonchev–Trinajstić information content (AvgIpc) is 3.11. The second-order valence-electron chi connectivity index (χ2n) is 6.85. The number of nitrogens with zero attached hydrogens (tertiary/aromatic N) is 2. The van der Waals surface area contributed by atoms with Gasteiger partial charge in [-0.1, -0.05) is 6.07 Å². The molecule has 5 heteroatoms. The van der Waals surface area contributed by atoms with E-state index in [-0.39, 0.29) is 17.9 Å². The maximum atomic E-state index is 12.4. The van der Waals surface area contributed by atoms with Crippen LogP contribution >= 0.6 is 0 Å². The minimum Gasteiger partial charge on any atom is -0.346 e. The molecule has 1 aromatic heterocycles. The third-order valence-electron chi connectivity index (χ3n) is 4.67. The second kappa shape index (κ2) is 6.72. The number of carbonyl (C=O) groups is 1. The molecule has 0 radical (unpaired) electrons. The number of hydrogen-bond donors (Lipinski definition) is 2. The van der Waals surface area contributed by atoms with Gasteiger partial charge in [0.25, 0.3) is 0 Å². The first kappa shape index (κ1) is 16.0.